The molecule has 11 nitrogen and oxygen atoms in total. The van der Waals surface area contributed by atoms with E-state index in [0.717, 1.165) is 41.5 Å². The monoisotopic (exact) mass is 588 g/mol. The van der Waals surface area contributed by atoms with E-state index in [1.165, 1.54) is 0 Å². The number of carbonyl (C=O) groups is 2. The van der Waals surface area contributed by atoms with E-state index in [1.54, 1.807) is 7.11 Å². The van der Waals surface area contributed by atoms with Crippen LogP contribution in [0.1, 0.15) is 70.4 Å². The van der Waals surface area contributed by atoms with Crippen LogP contribution in [-0.2, 0) is 23.7 Å². The summed E-state index contributed by atoms with van der Waals surface area (Å²) >= 11 is 0. The summed E-state index contributed by atoms with van der Waals surface area (Å²) in [7, 11) is 1.60. The van der Waals surface area contributed by atoms with Gasteiger partial charge in [-0.1, -0.05) is 39.0 Å². The molecule has 11 heteroatoms. The number of allylic oxidation sites excluding steroid dienone is 2. The molecule has 0 fully saturated rings. The minimum Gasteiger partial charge on any atom is -0.449 e. The fourth-order valence-electron chi connectivity index (χ4n) is 5.68. The Kier molecular flexibility index (Phi) is 12.5. The van der Waals surface area contributed by atoms with Crippen LogP contribution >= 0.6 is 0 Å². The zero-order chi connectivity index (χ0) is 30.8. The lowest BCUT2D eigenvalue weighted by Gasteiger charge is -2.35. The molecule has 42 heavy (non-hydrogen) atoms. The van der Waals surface area contributed by atoms with Crippen molar-refractivity contribution in [3.05, 3.63) is 47.1 Å². The normalized spacial score (nSPS) is 20.2. The first-order chi connectivity index (χ1) is 20.1. The van der Waals surface area contributed by atoms with Crippen molar-refractivity contribution in [2.75, 3.05) is 52.2 Å². The second-order valence-electron chi connectivity index (χ2n) is 11.1. The predicted octanol–water partition coefficient (Wildman–Crippen LogP) is 3.39. The molecule has 2 amide bonds. The highest BCUT2D eigenvalue weighted by Gasteiger charge is 2.39. The number of nitrogens with one attached hydrogen (secondary N) is 3. The lowest BCUT2D eigenvalue weighted by Crippen LogP contribution is -2.50. The summed E-state index contributed by atoms with van der Waals surface area (Å²) in [5.74, 6) is -0.546. The van der Waals surface area contributed by atoms with Crippen molar-refractivity contribution in [2.45, 2.75) is 76.6 Å². The second kappa shape index (κ2) is 15.6. The smallest absolute Gasteiger partial charge is 0.407 e. The molecule has 1 aromatic rings. The van der Waals surface area contributed by atoms with Crippen LogP contribution in [0.4, 0.5) is 10.5 Å². The van der Waals surface area contributed by atoms with Crippen LogP contribution in [0.2, 0.25) is 0 Å². The van der Waals surface area contributed by atoms with Gasteiger partial charge >= 0.3 is 6.09 Å². The van der Waals surface area contributed by atoms with Gasteiger partial charge in [0.25, 0.3) is 0 Å². The maximum Gasteiger partial charge on any atom is 0.407 e. The third kappa shape index (κ3) is 8.62. The standard InChI is InChI=1S/C31H48N4O7/c1-6-31(7-2,8-3)35-29(38)42-17-26-24-15-21(33-27(36)18-41-20-32)9-10-22(24)23-11-12-30(4,16-25(23)26)34-28(37)19-40-14-13-39-5/h9-12,15,26,28,34,37H,6-8,13-14,16-20,32H2,1-5H3,(H,33,36)(H,35,38). The first-order valence-electron chi connectivity index (χ1n) is 14.7. The number of methoxy groups -OCH3 is 1. The molecule has 0 aliphatic heterocycles. The molecule has 0 aromatic heterocycles. The van der Waals surface area contributed by atoms with Gasteiger partial charge in [0.2, 0.25) is 5.91 Å². The van der Waals surface area contributed by atoms with E-state index in [-0.39, 0.29) is 43.9 Å². The molecule has 0 saturated carbocycles. The molecule has 0 radical (unpaired) electrons. The Hall–Kier alpha value is -2.80. The first kappa shape index (κ1) is 33.7. The Morgan fingerprint density at radius 1 is 1.17 bits per heavy atom. The average Bonchev–Trinajstić information content (AvgIpc) is 3.27. The summed E-state index contributed by atoms with van der Waals surface area (Å²) in [6, 6.07) is 5.74. The van der Waals surface area contributed by atoms with Crippen LogP contribution < -0.4 is 21.7 Å². The number of fused-ring (bicyclic) bond motifs is 2. The van der Waals surface area contributed by atoms with Crippen molar-refractivity contribution in [1.29, 1.82) is 0 Å². The number of alkyl carbamates (subject to hydrolysis) is 1. The highest BCUT2D eigenvalue weighted by molar-refractivity contribution is 5.93. The van der Waals surface area contributed by atoms with Gasteiger partial charge in [-0.2, -0.15) is 0 Å². The Morgan fingerprint density at radius 3 is 2.57 bits per heavy atom. The Balaban J connectivity index is 1.82. The number of aliphatic hydroxyl groups is 1. The minimum absolute atomic E-state index is 0.0434. The molecule has 2 aliphatic carbocycles. The Bertz CT molecular complexity index is 1130. The van der Waals surface area contributed by atoms with Crippen molar-refractivity contribution in [3.63, 3.8) is 0 Å². The number of hydrogen-bond acceptors (Lipinski definition) is 9. The van der Waals surface area contributed by atoms with Crippen molar-refractivity contribution in [2.24, 2.45) is 5.73 Å². The van der Waals surface area contributed by atoms with Crippen molar-refractivity contribution in [3.8, 4) is 0 Å². The van der Waals surface area contributed by atoms with Gasteiger partial charge in [-0.05, 0) is 67.0 Å². The fraction of sp³-hybridized carbons (Fsp3) is 0.613. The highest BCUT2D eigenvalue weighted by atomic mass is 16.5. The van der Waals surface area contributed by atoms with Crippen LogP contribution in [0, 0.1) is 0 Å². The molecule has 0 bridgehead atoms. The number of aliphatic hydroxyl groups excluding tert-OH is 1. The lowest BCUT2D eigenvalue weighted by atomic mass is 9.81. The fourth-order valence-corrected chi connectivity index (χ4v) is 5.68. The zero-order valence-electron chi connectivity index (χ0n) is 25.6. The van der Waals surface area contributed by atoms with Gasteiger partial charge in [0.1, 0.15) is 19.4 Å². The molecule has 0 heterocycles. The molecule has 3 atom stereocenters. The van der Waals surface area contributed by atoms with Crippen molar-refractivity contribution >= 4 is 23.3 Å². The number of ether oxygens (including phenoxy) is 4. The molecule has 6 N–H and O–H groups in total. The molecule has 1 aromatic carbocycles. The van der Waals surface area contributed by atoms with E-state index in [2.05, 4.69) is 36.7 Å². The number of nitrogens with two attached hydrogens (primary N) is 1. The van der Waals surface area contributed by atoms with Gasteiger partial charge in [0.05, 0.1) is 26.6 Å². The average molecular weight is 589 g/mol. The number of hydrogen-bond donors (Lipinski definition) is 5. The summed E-state index contributed by atoms with van der Waals surface area (Å²) in [6.07, 6.45) is 5.75. The molecule has 0 saturated heterocycles. The zero-order valence-corrected chi connectivity index (χ0v) is 25.6. The molecule has 0 spiro atoms. The maximum absolute atomic E-state index is 13.0. The van der Waals surface area contributed by atoms with Crippen LogP contribution in [0.25, 0.3) is 5.57 Å². The molecule has 234 valence electrons. The summed E-state index contributed by atoms with van der Waals surface area (Å²) in [4.78, 5) is 25.3. The third-order valence-electron chi connectivity index (χ3n) is 8.28. The second-order valence-corrected chi connectivity index (χ2v) is 11.1. The van der Waals surface area contributed by atoms with Gasteiger partial charge in [0, 0.05) is 29.8 Å². The SMILES string of the molecule is CCC(CC)(CC)NC(=O)OCC1C2=C(C=CC(C)(NC(O)COCCOC)C2)c2ccc(NC(=O)COCN)cc21. The van der Waals surface area contributed by atoms with Crippen molar-refractivity contribution in [1.82, 2.24) is 10.6 Å². The summed E-state index contributed by atoms with van der Waals surface area (Å²) < 4.78 is 21.4. The molecular weight excluding hydrogens is 540 g/mol. The van der Waals surface area contributed by atoms with E-state index in [1.807, 2.05) is 37.3 Å². The topological polar surface area (TPSA) is 153 Å². The van der Waals surface area contributed by atoms with Crippen LogP contribution in [-0.4, -0.2) is 81.3 Å². The van der Waals surface area contributed by atoms with E-state index < -0.39 is 17.9 Å². The number of benzene rings is 1. The maximum atomic E-state index is 13.0. The molecule has 2 aliphatic rings. The van der Waals surface area contributed by atoms with Crippen LogP contribution in [0.15, 0.2) is 35.9 Å². The number of rotatable bonds is 17. The lowest BCUT2D eigenvalue weighted by molar-refractivity contribution is -0.120. The predicted molar refractivity (Wildman–Crippen MR) is 162 cm³/mol. The van der Waals surface area contributed by atoms with E-state index in [4.69, 9.17) is 24.7 Å². The molecule has 3 rings (SSSR count). The first-order valence-corrected chi connectivity index (χ1v) is 14.7. The van der Waals surface area contributed by atoms with E-state index in [0.29, 0.717) is 25.3 Å². The quantitative estimate of drug-likeness (QED) is 0.136. The van der Waals surface area contributed by atoms with Gasteiger partial charge in [0.15, 0.2) is 0 Å². The van der Waals surface area contributed by atoms with Crippen molar-refractivity contribution < 1.29 is 33.6 Å². The van der Waals surface area contributed by atoms with Gasteiger partial charge in [-0.15, -0.1) is 0 Å². The van der Waals surface area contributed by atoms with Crippen LogP contribution in [0.5, 0.6) is 0 Å². The number of anilines is 1. The summed E-state index contributed by atoms with van der Waals surface area (Å²) in [5.41, 5.74) is 9.20. The molecular formula is C31H48N4O7. The van der Waals surface area contributed by atoms with Gasteiger partial charge in [-0.3, -0.25) is 10.1 Å². The van der Waals surface area contributed by atoms with E-state index in [9.17, 15) is 14.7 Å². The van der Waals surface area contributed by atoms with Crippen LogP contribution in [0.3, 0.4) is 0 Å². The van der Waals surface area contributed by atoms with Gasteiger partial charge < -0.3 is 40.4 Å². The van der Waals surface area contributed by atoms with E-state index >= 15 is 0 Å². The largest absolute Gasteiger partial charge is 0.449 e. The summed E-state index contributed by atoms with van der Waals surface area (Å²) in [5, 5.41) is 19.8. The number of carbonyl (C=O) groups excluding carboxylic acids is 2. The van der Waals surface area contributed by atoms with Gasteiger partial charge in [-0.25, -0.2) is 4.79 Å². The Labute approximate surface area is 249 Å². The third-order valence-corrected chi connectivity index (χ3v) is 8.28. The minimum atomic E-state index is -0.884. The Morgan fingerprint density at radius 2 is 1.90 bits per heavy atom. The summed E-state index contributed by atoms with van der Waals surface area (Å²) in [6.45, 7) is 9.10. The molecule has 3 unspecified atom stereocenters. The number of amides is 2. The highest BCUT2D eigenvalue weighted by Crippen LogP contribution is 2.49.